The maximum absolute atomic E-state index is 12.1. The largest absolute Gasteiger partial charge is 0.382 e. The van der Waals surface area contributed by atoms with Gasteiger partial charge in [-0.3, -0.25) is 0 Å². The van der Waals surface area contributed by atoms with E-state index in [1.807, 2.05) is 43.3 Å². The van der Waals surface area contributed by atoms with E-state index in [1.54, 1.807) is 11.8 Å². The molecule has 0 N–H and O–H groups in total. The number of likely N-dealkylation sites (N-methyl/N-ethyl adjacent to an activating group) is 1. The van der Waals surface area contributed by atoms with Crippen LogP contribution in [0.2, 0.25) is 0 Å². The van der Waals surface area contributed by atoms with Gasteiger partial charge in [-0.25, -0.2) is 0 Å². The second-order valence-electron chi connectivity index (χ2n) is 5.24. The molecule has 3 rings (SSSR count). The minimum atomic E-state index is -3.52. The maximum atomic E-state index is 12.1. The molecule has 2 aliphatic heterocycles. The van der Waals surface area contributed by atoms with Gasteiger partial charge in [0.1, 0.15) is 5.75 Å². The second kappa shape index (κ2) is 5.09. The van der Waals surface area contributed by atoms with Crippen molar-refractivity contribution in [1.82, 2.24) is 4.90 Å². The molecule has 4 nitrogen and oxygen atoms in total. The van der Waals surface area contributed by atoms with Gasteiger partial charge in [0.15, 0.2) is 5.76 Å². The molecule has 1 atom stereocenters. The molecule has 0 bridgehead atoms. The molecule has 0 amide bonds. The van der Waals surface area contributed by atoms with E-state index >= 15 is 0 Å². The van der Waals surface area contributed by atoms with Crippen molar-refractivity contribution in [2.75, 3.05) is 25.6 Å². The lowest BCUT2D eigenvalue weighted by Gasteiger charge is -2.32. The molecule has 0 radical (unpaired) electrons. The lowest BCUT2D eigenvalue weighted by molar-refractivity contribution is 0.322. The highest BCUT2D eigenvalue weighted by molar-refractivity contribution is 7.99. The van der Waals surface area contributed by atoms with Crippen molar-refractivity contribution in [2.24, 2.45) is 0 Å². The SMILES string of the molecule is CN(C)[C@@H]1CS(=O)(=O)OC2=C1CCSc1ccccc12. The molecule has 2 heterocycles. The Labute approximate surface area is 123 Å². The Morgan fingerprint density at radius 1 is 1.30 bits per heavy atom. The van der Waals surface area contributed by atoms with Crippen molar-refractivity contribution < 1.29 is 12.6 Å². The first-order valence-electron chi connectivity index (χ1n) is 6.52. The summed E-state index contributed by atoms with van der Waals surface area (Å²) in [5.74, 6) is 1.53. The van der Waals surface area contributed by atoms with E-state index in [0.29, 0.717) is 5.76 Å². The normalized spacial score (nSPS) is 24.6. The summed E-state index contributed by atoms with van der Waals surface area (Å²) in [6.45, 7) is 0. The van der Waals surface area contributed by atoms with Crippen molar-refractivity contribution >= 4 is 27.6 Å². The van der Waals surface area contributed by atoms with Gasteiger partial charge in [0.05, 0.1) is 6.04 Å². The first kappa shape index (κ1) is 14.0. The molecule has 1 aromatic carbocycles. The van der Waals surface area contributed by atoms with Crippen LogP contribution in [-0.4, -0.2) is 45.0 Å². The summed E-state index contributed by atoms with van der Waals surface area (Å²) in [5.41, 5.74) is 2.00. The summed E-state index contributed by atoms with van der Waals surface area (Å²) in [6.07, 6.45) is 0.854. The third-order valence-electron chi connectivity index (χ3n) is 3.65. The molecule has 2 aliphatic rings. The summed E-state index contributed by atoms with van der Waals surface area (Å²) < 4.78 is 29.5. The number of fused-ring (bicyclic) bond motifs is 2. The number of hydrogen-bond donors (Lipinski definition) is 0. The minimum absolute atomic E-state index is 0.0334. The third-order valence-corrected chi connectivity index (χ3v) is 5.87. The summed E-state index contributed by atoms with van der Waals surface area (Å²) in [7, 11) is 0.318. The first-order chi connectivity index (χ1) is 9.48. The molecule has 0 aromatic heterocycles. The number of benzene rings is 1. The molecule has 0 unspecified atom stereocenters. The van der Waals surface area contributed by atoms with E-state index in [-0.39, 0.29) is 11.8 Å². The maximum Gasteiger partial charge on any atom is 0.311 e. The molecule has 1 aromatic rings. The quantitative estimate of drug-likeness (QED) is 0.744. The molecule has 0 saturated heterocycles. The number of nitrogens with zero attached hydrogens (tertiary/aromatic N) is 1. The number of thioether (sulfide) groups is 1. The summed E-state index contributed by atoms with van der Waals surface area (Å²) >= 11 is 1.75. The highest BCUT2D eigenvalue weighted by Gasteiger charge is 2.36. The lowest BCUT2D eigenvalue weighted by atomic mass is 9.99. The van der Waals surface area contributed by atoms with Gasteiger partial charge in [0.25, 0.3) is 0 Å². The fourth-order valence-corrected chi connectivity index (χ4v) is 5.11. The zero-order chi connectivity index (χ0) is 14.3. The van der Waals surface area contributed by atoms with Gasteiger partial charge in [-0.1, -0.05) is 18.2 Å². The summed E-state index contributed by atoms with van der Waals surface area (Å²) in [6, 6.07) is 7.75. The zero-order valence-electron chi connectivity index (χ0n) is 11.5. The molecule has 20 heavy (non-hydrogen) atoms. The Morgan fingerprint density at radius 3 is 2.80 bits per heavy atom. The lowest BCUT2D eigenvalue weighted by Crippen LogP contribution is -2.40. The third kappa shape index (κ3) is 2.47. The van der Waals surface area contributed by atoms with Crippen molar-refractivity contribution in [2.45, 2.75) is 17.4 Å². The molecular weight excluding hydrogens is 294 g/mol. The van der Waals surface area contributed by atoms with Crippen LogP contribution in [0.1, 0.15) is 12.0 Å². The van der Waals surface area contributed by atoms with Crippen molar-refractivity contribution in [3.63, 3.8) is 0 Å². The van der Waals surface area contributed by atoms with E-state index < -0.39 is 10.1 Å². The van der Waals surface area contributed by atoms with Crippen molar-refractivity contribution in [3.8, 4) is 0 Å². The van der Waals surface area contributed by atoms with Crippen molar-refractivity contribution in [1.29, 1.82) is 0 Å². The van der Waals surface area contributed by atoms with Gasteiger partial charge in [-0.05, 0) is 32.2 Å². The van der Waals surface area contributed by atoms with Gasteiger partial charge in [0.2, 0.25) is 0 Å². The topological polar surface area (TPSA) is 46.6 Å². The van der Waals surface area contributed by atoms with Crippen LogP contribution in [-0.2, 0) is 14.3 Å². The smallest absolute Gasteiger partial charge is 0.311 e. The van der Waals surface area contributed by atoms with Crippen LogP contribution < -0.4 is 0 Å². The fourth-order valence-electron chi connectivity index (χ4n) is 2.67. The van der Waals surface area contributed by atoms with Gasteiger partial charge in [-0.15, -0.1) is 11.8 Å². The van der Waals surface area contributed by atoms with E-state index in [1.165, 1.54) is 0 Å². The molecule has 6 heteroatoms. The Bertz CT molecular complexity index is 665. The van der Waals surface area contributed by atoms with Crippen molar-refractivity contribution in [3.05, 3.63) is 35.4 Å². The standard InChI is InChI=1S/C14H17NO3S2/c1-15(2)12-9-20(16,17)18-14-10(12)7-8-19-13-6-4-3-5-11(13)14/h3-6,12H,7-9H2,1-2H3/t12-/m1/s1. The average Bonchev–Trinajstić information content (AvgIpc) is 2.56. The molecule has 0 aliphatic carbocycles. The van der Waals surface area contributed by atoms with E-state index in [0.717, 1.165) is 28.2 Å². The Balaban J connectivity index is 2.20. The minimum Gasteiger partial charge on any atom is -0.382 e. The zero-order valence-corrected chi connectivity index (χ0v) is 13.1. The van der Waals surface area contributed by atoms with Crippen LogP contribution in [0.4, 0.5) is 0 Å². The average molecular weight is 311 g/mol. The van der Waals surface area contributed by atoms with Crippen LogP contribution in [0.5, 0.6) is 0 Å². The number of hydrogen-bond acceptors (Lipinski definition) is 5. The fraction of sp³-hybridized carbons (Fsp3) is 0.429. The Kier molecular flexibility index (Phi) is 3.56. The predicted molar refractivity (Wildman–Crippen MR) is 81.0 cm³/mol. The van der Waals surface area contributed by atoms with Crippen LogP contribution in [0, 0.1) is 0 Å². The van der Waals surface area contributed by atoms with Crippen LogP contribution >= 0.6 is 11.8 Å². The monoisotopic (exact) mass is 311 g/mol. The van der Waals surface area contributed by atoms with Gasteiger partial charge >= 0.3 is 10.1 Å². The Hall–Kier alpha value is -0.980. The van der Waals surface area contributed by atoms with Gasteiger partial charge in [-0.2, -0.15) is 8.42 Å². The van der Waals surface area contributed by atoms with E-state index in [2.05, 4.69) is 0 Å². The van der Waals surface area contributed by atoms with Crippen LogP contribution in [0.25, 0.3) is 5.76 Å². The van der Waals surface area contributed by atoms with E-state index in [9.17, 15) is 8.42 Å². The van der Waals surface area contributed by atoms with Crippen LogP contribution in [0.3, 0.4) is 0 Å². The summed E-state index contributed by atoms with van der Waals surface area (Å²) in [4.78, 5) is 3.06. The number of rotatable bonds is 1. The second-order valence-corrected chi connectivity index (χ2v) is 7.99. The predicted octanol–water partition coefficient (Wildman–Crippen LogP) is 2.18. The Morgan fingerprint density at radius 2 is 2.05 bits per heavy atom. The molecule has 108 valence electrons. The highest BCUT2D eigenvalue weighted by Crippen LogP contribution is 2.41. The molecule has 0 fully saturated rings. The van der Waals surface area contributed by atoms with Crippen LogP contribution in [0.15, 0.2) is 34.7 Å². The highest BCUT2D eigenvalue weighted by atomic mass is 32.2. The van der Waals surface area contributed by atoms with E-state index in [4.69, 9.17) is 4.18 Å². The van der Waals surface area contributed by atoms with Gasteiger partial charge in [0, 0.05) is 16.2 Å². The molecule has 0 spiro atoms. The van der Waals surface area contributed by atoms with Gasteiger partial charge < -0.3 is 9.08 Å². The molecule has 0 saturated carbocycles. The summed E-state index contributed by atoms with van der Waals surface area (Å²) in [5, 5.41) is 0. The molecular formula is C14H17NO3S2. The first-order valence-corrected chi connectivity index (χ1v) is 9.08.